The minimum Gasteiger partial charge on any atom is -0.487 e. The normalized spacial score (nSPS) is 19.8. The molecule has 3 atom stereocenters. The van der Waals surface area contributed by atoms with Crippen LogP contribution in [0, 0.1) is 0 Å². The van der Waals surface area contributed by atoms with Crippen LogP contribution in [-0.4, -0.2) is 49.0 Å². The third-order valence-corrected chi connectivity index (χ3v) is 7.88. The first-order valence-corrected chi connectivity index (χ1v) is 13.2. The number of nitrogens with zero attached hydrogens (tertiary/aromatic N) is 4. The fraction of sp³-hybridized carbons (Fsp3) is 0.370. The summed E-state index contributed by atoms with van der Waals surface area (Å²) in [6.45, 7) is 0.424. The minimum absolute atomic E-state index is 0.0849. The number of nitrogens with one attached hydrogen (secondary N) is 2. The lowest BCUT2D eigenvalue weighted by molar-refractivity contribution is -0.0380. The zero-order valence-corrected chi connectivity index (χ0v) is 21.4. The predicted molar refractivity (Wildman–Crippen MR) is 141 cm³/mol. The summed E-state index contributed by atoms with van der Waals surface area (Å²) in [5.74, 6) is 1.54. The van der Waals surface area contributed by atoms with E-state index in [1.807, 2.05) is 34.9 Å². The fourth-order valence-electron chi connectivity index (χ4n) is 5.29. The van der Waals surface area contributed by atoms with Crippen molar-refractivity contribution in [3.05, 3.63) is 82.9 Å². The van der Waals surface area contributed by atoms with Crippen LogP contribution in [0.2, 0.25) is 0 Å². The van der Waals surface area contributed by atoms with Crippen molar-refractivity contribution in [2.75, 3.05) is 11.9 Å². The summed E-state index contributed by atoms with van der Waals surface area (Å²) < 4.78 is 9.27. The highest BCUT2D eigenvalue weighted by Gasteiger charge is 2.45. The first-order valence-electron chi connectivity index (χ1n) is 12.4. The smallest absolute Gasteiger partial charge is 0.203 e. The predicted octanol–water partition coefficient (Wildman–Crippen LogP) is 4.31. The number of aliphatic hydroxyl groups is 1. The number of aromatic nitrogens is 4. The number of ether oxygens (including phenoxy) is 1. The van der Waals surface area contributed by atoms with Crippen LogP contribution in [0.4, 0.5) is 5.82 Å². The molecule has 1 fully saturated rings. The van der Waals surface area contributed by atoms with Crippen molar-refractivity contribution in [3.63, 3.8) is 0 Å². The Labute approximate surface area is 218 Å². The van der Waals surface area contributed by atoms with Gasteiger partial charge in [-0.2, -0.15) is 0 Å². The van der Waals surface area contributed by atoms with Crippen LogP contribution in [0.5, 0.6) is 5.75 Å². The molecule has 2 aliphatic rings. The number of halogens is 1. The molecule has 6 rings (SSSR count). The highest BCUT2D eigenvalue weighted by Crippen LogP contribution is 2.49. The molecule has 1 aliphatic carbocycles. The molecule has 3 N–H and O–H groups in total. The van der Waals surface area contributed by atoms with Crippen molar-refractivity contribution >= 4 is 27.4 Å². The summed E-state index contributed by atoms with van der Waals surface area (Å²) >= 11 is 3.61. The molecule has 0 radical (unpaired) electrons. The van der Waals surface area contributed by atoms with E-state index in [0.29, 0.717) is 24.4 Å². The molecule has 0 saturated heterocycles. The average molecular weight is 549 g/mol. The molecule has 1 spiro atoms. The van der Waals surface area contributed by atoms with Gasteiger partial charge in [-0.25, -0.2) is 4.98 Å². The molecule has 8 nitrogen and oxygen atoms in total. The van der Waals surface area contributed by atoms with Crippen LogP contribution < -0.4 is 15.4 Å². The summed E-state index contributed by atoms with van der Waals surface area (Å²) in [4.78, 5) is 4.48. The molecule has 4 aromatic rings. The number of hydrogen-bond donors (Lipinski definition) is 3. The Balaban J connectivity index is 1.22. The molecule has 0 bridgehead atoms. The van der Waals surface area contributed by atoms with E-state index in [2.05, 4.69) is 66.0 Å². The van der Waals surface area contributed by atoms with Gasteiger partial charge in [0, 0.05) is 41.4 Å². The third kappa shape index (κ3) is 4.70. The number of aliphatic hydroxyl groups excluding tert-OH is 1. The van der Waals surface area contributed by atoms with Crippen LogP contribution in [0.1, 0.15) is 42.9 Å². The summed E-state index contributed by atoms with van der Waals surface area (Å²) in [6.07, 6.45) is 9.38. The lowest BCUT2D eigenvalue weighted by atomic mass is 9.73. The molecule has 1 aliphatic heterocycles. The topological polar surface area (TPSA) is 96.6 Å². The molecule has 2 aromatic carbocycles. The number of rotatable bonds is 8. The maximum absolute atomic E-state index is 11.5. The average Bonchev–Trinajstić information content (AvgIpc) is 3.36. The molecule has 9 heteroatoms. The van der Waals surface area contributed by atoms with Gasteiger partial charge in [0.15, 0.2) is 5.82 Å². The van der Waals surface area contributed by atoms with Gasteiger partial charge in [-0.3, -0.25) is 4.40 Å². The Hall–Kier alpha value is -3.01. The largest absolute Gasteiger partial charge is 0.487 e. The van der Waals surface area contributed by atoms with Crippen LogP contribution >= 0.6 is 15.9 Å². The molecular weight excluding hydrogens is 520 g/mol. The van der Waals surface area contributed by atoms with Gasteiger partial charge in [0.05, 0.1) is 12.1 Å². The van der Waals surface area contributed by atoms with Crippen LogP contribution in [0.3, 0.4) is 0 Å². The van der Waals surface area contributed by atoms with Gasteiger partial charge in [-0.05, 0) is 49.4 Å². The Morgan fingerprint density at radius 2 is 2.06 bits per heavy atom. The quantitative estimate of drug-likeness (QED) is 0.302. The molecule has 186 valence electrons. The van der Waals surface area contributed by atoms with E-state index in [4.69, 9.17) is 4.74 Å². The maximum atomic E-state index is 11.5. The summed E-state index contributed by atoms with van der Waals surface area (Å²) in [7, 11) is 0. The van der Waals surface area contributed by atoms with Crippen molar-refractivity contribution < 1.29 is 9.84 Å². The number of hydrogen-bond acceptors (Lipinski definition) is 7. The highest BCUT2D eigenvalue weighted by atomic mass is 79.9. The van der Waals surface area contributed by atoms with E-state index in [-0.39, 0.29) is 17.7 Å². The standard InChI is InChI=1S/C27H29BrN6O2/c28-19-7-8-24-20(14-19)22(15-27(36-24)9-4-10-27)30-16-23(35)21(13-18-5-2-1-3-6-18)32-25-26-33-31-17-34(26)12-11-29-25/h1-3,5-8,11-12,14,17,21-23,30,35H,4,9-10,13,15-16H2,(H,29,32)/t21-,22-,23+/m0/s1. The van der Waals surface area contributed by atoms with Crippen molar-refractivity contribution in [1.29, 1.82) is 0 Å². The van der Waals surface area contributed by atoms with Gasteiger partial charge in [-0.15, -0.1) is 10.2 Å². The van der Waals surface area contributed by atoms with Crippen LogP contribution in [-0.2, 0) is 6.42 Å². The molecule has 36 heavy (non-hydrogen) atoms. The summed E-state index contributed by atoms with van der Waals surface area (Å²) in [5, 5.41) is 26.8. The molecule has 3 heterocycles. The van der Waals surface area contributed by atoms with Crippen LogP contribution in [0.25, 0.3) is 5.65 Å². The second-order valence-corrected chi connectivity index (χ2v) is 10.7. The number of anilines is 1. The van der Waals surface area contributed by atoms with Gasteiger partial charge in [0.1, 0.15) is 17.7 Å². The van der Waals surface area contributed by atoms with Gasteiger partial charge in [0.25, 0.3) is 0 Å². The van der Waals surface area contributed by atoms with Crippen LogP contribution in [0.15, 0.2) is 71.7 Å². The zero-order valence-electron chi connectivity index (χ0n) is 19.8. The molecule has 1 saturated carbocycles. The Morgan fingerprint density at radius 3 is 2.86 bits per heavy atom. The van der Waals surface area contributed by atoms with E-state index >= 15 is 0 Å². The van der Waals surface area contributed by atoms with Crippen molar-refractivity contribution in [2.24, 2.45) is 0 Å². The molecule has 0 amide bonds. The van der Waals surface area contributed by atoms with E-state index in [0.717, 1.165) is 40.6 Å². The first kappa shape index (κ1) is 23.4. The second-order valence-electron chi connectivity index (χ2n) is 9.83. The van der Waals surface area contributed by atoms with Crippen molar-refractivity contribution in [2.45, 2.75) is 55.9 Å². The van der Waals surface area contributed by atoms with Gasteiger partial charge in [0.2, 0.25) is 5.65 Å². The molecule has 0 unspecified atom stereocenters. The first-order chi connectivity index (χ1) is 17.6. The van der Waals surface area contributed by atoms with Gasteiger partial charge < -0.3 is 20.5 Å². The molecule has 2 aromatic heterocycles. The second kappa shape index (κ2) is 9.80. The molecular formula is C27H29BrN6O2. The van der Waals surface area contributed by atoms with E-state index in [1.54, 1.807) is 12.5 Å². The SMILES string of the molecule is O[C@H](CN[C@H]1CC2(CCC2)Oc2ccc(Br)cc21)[C@H](Cc1ccccc1)Nc1nccn2cnnc12. The van der Waals surface area contributed by atoms with E-state index < -0.39 is 6.10 Å². The number of fused-ring (bicyclic) bond motifs is 2. The van der Waals surface area contributed by atoms with Gasteiger partial charge >= 0.3 is 0 Å². The minimum atomic E-state index is -0.675. The lowest BCUT2D eigenvalue weighted by Gasteiger charge is -2.48. The highest BCUT2D eigenvalue weighted by molar-refractivity contribution is 9.10. The number of benzene rings is 2. The Morgan fingerprint density at radius 1 is 1.19 bits per heavy atom. The van der Waals surface area contributed by atoms with Gasteiger partial charge in [-0.1, -0.05) is 46.3 Å². The summed E-state index contributed by atoms with van der Waals surface area (Å²) in [6, 6.07) is 16.2. The third-order valence-electron chi connectivity index (χ3n) is 7.39. The van der Waals surface area contributed by atoms with E-state index in [9.17, 15) is 5.11 Å². The monoisotopic (exact) mass is 548 g/mol. The maximum Gasteiger partial charge on any atom is 0.203 e. The fourth-order valence-corrected chi connectivity index (χ4v) is 5.67. The van der Waals surface area contributed by atoms with E-state index in [1.165, 1.54) is 6.42 Å². The lowest BCUT2D eigenvalue weighted by Crippen LogP contribution is -2.50. The van der Waals surface area contributed by atoms with Crippen molar-refractivity contribution in [1.82, 2.24) is 24.9 Å². The summed E-state index contributed by atoms with van der Waals surface area (Å²) in [5.41, 5.74) is 2.82. The van der Waals surface area contributed by atoms with Crippen molar-refractivity contribution in [3.8, 4) is 5.75 Å². The Kier molecular flexibility index (Phi) is 6.37. The zero-order chi connectivity index (χ0) is 24.5. The Bertz CT molecular complexity index is 1340.